The van der Waals surface area contributed by atoms with Crippen LogP contribution < -0.4 is 10.6 Å². The van der Waals surface area contributed by atoms with Crippen molar-refractivity contribution in [1.82, 2.24) is 5.32 Å². The number of ether oxygens (including phenoxy) is 1. The highest BCUT2D eigenvalue weighted by atomic mass is 35.5. The van der Waals surface area contributed by atoms with E-state index in [0.29, 0.717) is 29.4 Å². The quantitative estimate of drug-likeness (QED) is 0.589. The zero-order valence-electron chi connectivity index (χ0n) is 13.8. The summed E-state index contributed by atoms with van der Waals surface area (Å²) in [6.45, 7) is 0.810. The van der Waals surface area contributed by atoms with Gasteiger partial charge in [-0.2, -0.15) is 0 Å². The van der Waals surface area contributed by atoms with Gasteiger partial charge in [0.15, 0.2) is 0 Å². The molecule has 0 saturated heterocycles. The Hall–Kier alpha value is -2.63. The van der Waals surface area contributed by atoms with Gasteiger partial charge in [0.2, 0.25) is 5.91 Å². The molecule has 0 aliphatic carbocycles. The number of carbonyl (C=O) groups is 2. The number of nitrogens with one attached hydrogen (secondary N) is 2. The molecule has 25 heavy (non-hydrogen) atoms. The van der Waals surface area contributed by atoms with E-state index in [0.717, 1.165) is 5.56 Å². The van der Waals surface area contributed by atoms with E-state index in [-0.39, 0.29) is 11.8 Å². The molecule has 2 aromatic rings. The summed E-state index contributed by atoms with van der Waals surface area (Å²) in [6, 6.07) is 14.0. The first-order valence-corrected chi connectivity index (χ1v) is 8.09. The average molecular weight is 359 g/mol. The van der Waals surface area contributed by atoms with E-state index in [1.807, 2.05) is 18.2 Å². The van der Waals surface area contributed by atoms with Crippen LogP contribution in [0.2, 0.25) is 5.02 Å². The van der Waals surface area contributed by atoms with Gasteiger partial charge in [-0.3, -0.25) is 9.59 Å². The summed E-state index contributed by atoms with van der Waals surface area (Å²) >= 11 is 6.05. The summed E-state index contributed by atoms with van der Waals surface area (Å²) in [5, 5.41) is 6.00. The zero-order valence-corrected chi connectivity index (χ0v) is 14.5. The Bertz CT molecular complexity index is 775. The van der Waals surface area contributed by atoms with Gasteiger partial charge in [-0.05, 0) is 29.8 Å². The standard InChI is InChI=1S/C19H19ClN2O3/c1-25-13-12-21-19(24)15-7-3-5-9-17(15)22-18(23)11-10-14-6-2-4-8-16(14)20/h2-11H,12-13H2,1H3,(H,21,24)(H,22,23)/b11-10+. The average Bonchev–Trinajstić information content (AvgIpc) is 2.61. The van der Waals surface area contributed by atoms with E-state index >= 15 is 0 Å². The monoisotopic (exact) mass is 358 g/mol. The largest absolute Gasteiger partial charge is 0.383 e. The topological polar surface area (TPSA) is 67.4 Å². The minimum absolute atomic E-state index is 0.275. The Morgan fingerprint density at radius 2 is 1.84 bits per heavy atom. The lowest BCUT2D eigenvalue weighted by Gasteiger charge is -2.10. The molecule has 0 aromatic heterocycles. The van der Waals surface area contributed by atoms with Crippen molar-refractivity contribution >= 4 is 35.2 Å². The third kappa shape index (κ3) is 5.74. The fourth-order valence-electron chi connectivity index (χ4n) is 2.10. The Labute approximate surface area is 151 Å². The number of halogens is 1. The second-order valence-electron chi connectivity index (χ2n) is 5.14. The second-order valence-corrected chi connectivity index (χ2v) is 5.55. The minimum Gasteiger partial charge on any atom is -0.383 e. The van der Waals surface area contributed by atoms with Crippen molar-refractivity contribution in [3.8, 4) is 0 Å². The molecular formula is C19H19ClN2O3. The molecule has 2 amide bonds. The van der Waals surface area contributed by atoms with Crippen molar-refractivity contribution in [2.45, 2.75) is 0 Å². The lowest BCUT2D eigenvalue weighted by molar-refractivity contribution is -0.111. The summed E-state index contributed by atoms with van der Waals surface area (Å²) in [5.41, 5.74) is 1.56. The SMILES string of the molecule is COCCNC(=O)c1ccccc1NC(=O)/C=C/c1ccccc1Cl. The van der Waals surface area contributed by atoms with Crippen LogP contribution in [0, 0.1) is 0 Å². The van der Waals surface area contributed by atoms with Crippen molar-refractivity contribution in [1.29, 1.82) is 0 Å². The zero-order chi connectivity index (χ0) is 18.1. The molecule has 0 atom stereocenters. The smallest absolute Gasteiger partial charge is 0.253 e. The van der Waals surface area contributed by atoms with Crippen molar-refractivity contribution < 1.29 is 14.3 Å². The van der Waals surface area contributed by atoms with Gasteiger partial charge in [0.1, 0.15) is 0 Å². The number of benzene rings is 2. The molecule has 130 valence electrons. The van der Waals surface area contributed by atoms with Crippen molar-refractivity contribution in [2.75, 3.05) is 25.6 Å². The van der Waals surface area contributed by atoms with Crippen LogP contribution in [0.15, 0.2) is 54.6 Å². The van der Waals surface area contributed by atoms with Gasteiger partial charge in [0, 0.05) is 24.8 Å². The number of para-hydroxylation sites is 1. The van der Waals surface area contributed by atoms with Gasteiger partial charge < -0.3 is 15.4 Å². The van der Waals surface area contributed by atoms with E-state index in [1.165, 1.54) is 6.08 Å². The molecule has 2 rings (SSSR count). The summed E-state index contributed by atoms with van der Waals surface area (Å²) in [4.78, 5) is 24.3. The fraction of sp³-hybridized carbons (Fsp3) is 0.158. The lowest BCUT2D eigenvalue weighted by atomic mass is 10.1. The van der Waals surface area contributed by atoms with E-state index in [9.17, 15) is 9.59 Å². The Morgan fingerprint density at radius 3 is 2.60 bits per heavy atom. The predicted molar refractivity (Wildman–Crippen MR) is 99.8 cm³/mol. The maximum atomic E-state index is 12.2. The molecule has 0 radical (unpaired) electrons. The predicted octanol–water partition coefficient (Wildman–Crippen LogP) is 3.37. The molecule has 5 nitrogen and oxygen atoms in total. The number of methoxy groups -OCH3 is 1. The molecule has 2 N–H and O–H groups in total. The summed E-state index contributed by atoms with van der Waals surface area (Å²) < 4.78 is 4.90. The van der Waals surface area contributed by atoms with E-state index in [2.05, 4.69) is 10.6 Å². The van der Waals surface area contributed by atoms with Crippen LogP contribution >= 0.6 is 11.6 Å². The third-order valence-electron chi connectivity index (χ3n) is 3.34. The Kier molecular flexibility index (Phi) is 7.19. The summed E-state index contributed by atoms with van der Waals surface area (Å²) in [6.07, 6.45) is 3.00. The van der Waals surface area contributed by atoms with Crippen molar-refractivity contribution in [3.63, 3.8) is 0 Å². The number of hydrogen-bond donors (Lipinski definition) is 2. The first-order chi connectivity index (χ1) is 12.1. The number of rotatable bonds is 7. The molecular weight excluding hydrogens is 340 g/mol. The lowest BCUT2D eigenvalue weighted by Crippen LogP contribution is -2.28. The number of hydrogen-bond acceptors (Lipinski definition) is 3. The van der Waals surface area contributed by atoms with Gasteiger partial charge >= 0.3 is 0 Å². The van der Waals surface area contributed by atoms with Gasteiger partial charge in [-0.25, -0.2) is 0 Å². The maximum Gasteiger partial charge on any atom is 0.253 e. The fourth-order valence-corrected chi connectivity index (χ4v) is 2.30. The highest BCUT2D eigenvalue weighted by Crippen LogP contribution is 2.17. The van der Waals surface area contributed by atoms with E-state index in [1.54, 1.807) is 43.5 Å². The molecule has 0 unspecified atom stereocenters. The molecule has 0 aliphatic heterocycles. The summed E-state index contributed by atoms with van der Waals surface area (Å²) in [7, 11) is 1.56. The molecule has 0 heterocycles. The molecule has 2 aromatic carbocycles. The third-order valence-corrected chi connectivity index (χ3v) is 3.68. The van der Waals surface area contributed by atoms with Crippen LogP contribution in [0.5, 0.6) is 0 Å². The molecule has 0 saturated carbocycles. The van der Waals surface area contributed by atoms with E-state index < -0.39 is 0 Å². The molecule has 6 heteroatoms. The summed E-state index contributed by atoms with van der Waals surface area (Å²) in [5.74, 6) is -0.625. The number of carbonyl (C=O) groups excluding carboxylic acids is 2. The number of amides is 2. The van der Waals surface area contributed by atoms with Gasteiger partial charge in [-0.15, -0.1) is 0 Å². The molecule has 0 aliphatic rings. The van der Waals surface area contributed by atoms with Gasteiger partial charge in [0.05, 0.1) is 17.9 Å². The minimum atomic E-state index is -0.350. The van der Waals surface area contributed by atoms with Gasteiger partial charge in [-0.1, -0.05) is 41.9 Å². The first kappa shape index (κ1) is 18.7. The Morgan fingerprint density at radius 1 is 1.12 bits per heavy atom. The van der Waals surface area contributed by atoms with Crippen molar-refractivity contribution in [2.24, 2.45) is 0 Å². The highest BCUT2D eigenvalue weighted by molar-refractivity contribution is 6.32. The van der Waals surface area contributed by atoms with E-state index in [4.69, 9.17) is 16.3 Å². The van der Waals surface area contributed by atoms with Crippen LogP contribution in [-0.2, 0) is 9.53 Å². The highest BCUT2D eigenvalue weighted by Gasteiger charge is 2.11. The normalized spacial score (nSPS) is 10.6. The Balaban J connectivity index is 2.06. The van der Waals surface area contributed by atoms with Crippen molar-refractivity contribution in [3.05, 3.63) is 70.8 Å². The first-order valence-electron chi connectivity index (χ1n) is 7.71. The number of anilines is 1. The molecule has 0 fully saturated rings. The molecule has 0 spiro atoms. The second kappa shape index (κ2) is 9.61. The van der Waals surface area contributed by atoms with Crippen LogP contribution in [0.25, 0.3) is 6.08 Å². The molecule has 0 bridgehead atoms. The maximum absolute atomic E-state index is 12.2. The van der Waals surface area contributed by atoms with Crippen LogP contribution in [0.1, 0.15) is 15.9 Å². The van der Waals surface area contributed by atoms with Crippen LogP contribution in [0.4, 0.5) is 5.69 Å². The van der Waals surface area contributed by atoms with Crippen LogP contribution in [0.3, 0.4) is 0 Å². The van der Waals surface area contributed by atoms with Crippen LogP contribution in [-0.4, -0.2) is 32.1 Å². The van der Waals surface area contributed by atoms with Gasteiger partial charge in [0.25, 0.3) is 5.91 Å².